The summed E-state index contributed by atoms with van der Waals surface area (Å²) in [6.07, 6.45) is 0. The fourth-order valence-electron chi connectivity index (χ4n) is 2.76. The fraction of sp³-hybridized carbons (Fsp3) is 0.533. The normalized spacial score (nSPS) is 19.4. The maximum absolute atomic E-state index is 13.5. The second kappa shape index (κ2) is 5.30. The maximum Gasteiger partial charge on any atom is 0.310 e. The molecule has 0 aromatic heterocycles. The van der Waals surface area contributed by atoms with Crippen LogP contribution < -0.4 is 0 Å². The number of halogens is 4. The number of benzene rings is 1. The molecule has 1 fully saturated rings. The van der Waals surface area contributed by atoms with Crippen molar-refractivity contribution >= 4 is 37.8 Å². The SMILES string of the molecule is CC1(C)C(C(=O)OCc2c(Br)c(F)cc(F)c2Br)C1(C)C. The van der Waals surface area contributed by atoms with Crippen LogP contribution in [0.3, 0.4) is 0 Å². The molecule has 116 valence electrons. The molecule has 0 saturated heterocycles. The Balaban J connectivity index is 2.14. The lowest BCUT2D eigenvalue weighted by Gasteiger charge is -2.11. The Hall–Kier alpha value is -0.490. The Morgan fingerprint density at radius 3 is 1.95 bits per heavy atom. The molecule has 1 aromatic carbocycles. The van der Waals surface area contributed by atoms with Crippen LogP contribution >= 0.6 is 31.9 Å². The molecule has 6 heteroatoms. The largest absolute Gasteiger partial charge is 0.460 e. The van der Waals surface area contributed by atoms with Gasteiger partial charge in [-0.05, 0) is 42.7 Å². The van der Waals surface area contributed by atoms with Gasteiger partial charge in [-0.15, -0.1) is 0 Å². The predicted octanol–water partition coefficient (Wildman–Crippen LogP) is 5.22. The first-order valence-corrected chi connectivity index (χ1v) is 8.09. The molecular formula is C15H16Br2F2O2. The van der Waals surface area contributed by atoms with Crippen molar-refractivity contribution in [3.63, 3.8) is 0 Å². The monoisotopic (exact) mass is 424 g/mol. The van der Waals surface area contributed by atoms with E-state index in [-0.39, 0.29) is 43.8 Å². The molecule has 21 heavy (non-hydrogen) atoms. The van der Waals surface area contributed by atoms with Gasteiger partial charge in [-0.25, -0.2) is 8.78 Å². The number of ether oxygens (including phenoxy) is 1. The van der Waals surface area contributed by atoms with Gasteiger partial charge in [0.15, 0.2) is 0 Å². The van der Waals surface area contributed by atoms with Gasteiger partial charge in [-0.1, -0.05) is 27.7 Å². The summed E-state index contributed by atoms with van der Waals surface area (Å²) in [4.78, 5) is 12.2. The Labute approximate surface area is 139 Å². The molecule has 2 rings (SSSR count). The first kappa shape index (κ1) is 16.9. The van der Waals surface area contributed by atoms with Crippen molar-refractivity contribution in [2.45, 2.75) is 34.3 Å². The van der Waals surface area contributed by atoms with Crippen LogP contribution in [0.4, 0.5) is 8.78 Å². The second-order valence-electron chi connectivity index (χ2n) is 6.43. The summed E-state index contributed by atoms with van der Waals surface area (Å²) >= 11 is 6.10. The van der Waals surface area contributed by atoms with Crippen LogP contribution in [0.25, 0.3) is 0 Å². The quantitative estimate of drug-likeness (QED) is 0.490. The van der Waals surface area contributed by atoms with Crippen molar-refractivity contribution in [3.8, 4) is 0 Å². The molecule has 0 heterocycles. The summed E-state index contributed by atoms with van der Waals surface area (Å²) in [6.45, 7) is 7.84. The second-order valence-corrected chi connectivity index (χ2v) is 8.02. The van der Waals surface area contributed by atoms with Gasteiger partial charge in [-0.3, -0.25) is 4.79 Å². The van der Waals surface area contributed by atoms with Gasteiger partial charge in [0, 0.05) is 11.6 Å². The predicted molar refractivity (Wildman–Crippen MR) is 82.6 cm³/mol. The zero-order valence-electron chi connectivity index (χ0n) is 12.2. The molecule has 0 radical (unpaired) electrons. The van der Waals surface area contributed by atoms with E-state index in [4.69, 9.17) is 4.74 Å². The lowest BCUT2D eigenvalue weighted by molar-refractivity contribution is -0.148. The van der Waals surface area contributed by atoms with Crippen molar-refractivity contribution in [2.75, 3.05) is 0 Å². The molecule has 0 bridgehead atoms. The van der Waals surface area contributed by atoms with Crippen LogP contribution in [0, 0.1) is 28.4 Å². The van der Waals surface area contributed by atoms with E-state index >= 15 is 0 Å². The molecular weight excluding hydrogens is 410 g/mol. The van der Waals surface area contributed by atoms with Gasteiger partial charge >= 0.3 is 5.97 Å². The van der Waals surface area contributed by atoms with Crippen molar-refractivity contribution in [3.05, 3.63) is 32.2 Å². The molecule has 1 saturated carbocycles. The number of carbonyl (C=O) groups is 1. The number of rotatable bonds is 3. The standard InChI is InChI=1S/C15H16Br2F2O2/c1-14(2)12(15(14,3)4)13(20)21-6-7-10(16)8(18)5-9(19)11(7)17/h5,12H,6H2,1-4H3. The molecule has 0 spiro atoms. The number of carbonyl (C=O) groups excluding carboxylic acids is 1. The van der Waals surface area contributed by atoms with E-state index in [9.17, 15) is 13.6 Å². The molecule has 1 aliphatic carbocycles. The van der Waals surface area contributed by atoms with Gasteiger partial charge in [0.1, 0.15) is 18.2 Å². The average Bonchev–Trinajstić information content (AvgIpc) is 2.77. The van der Waals surface area contributed by atoms with E-state index in [0.717, 1.165) is 6.07 Å². The third-order valence-electron chi connectivity index (χ3n) is 4.82. The van der Waals surface area contributed by atoms with E-state index in [2.05, 4.69) is 31.9 Å². The molecule has 2 nitrogen and oxygen atoms in total. The zero-order chi connectivity index (χ0) is 16.2. The highest BCUT2D eigenvalue weighted by Crippen LogP contribution is 2.68. The number of hydrogen-bond donors (Lipinski definition) is 0. The maximum atomic E-state index is 13.5. The molecule has 0 unspecified atom stereocenters. The lowest BCUT2D eigenvalue weighted by atomic mass is 10.0. The average molecular weight is 426 g/mol. The van der Waals surface area contributed by atoms with Crippen LogP contribution in [-0.4, -0.2) is 5.97 Å². The Kier molecular flexibility index (Phi) is 4.26. The van der Waals surface area contributed by atoms with Gasteiger partial charge in [0.25, 0.3) is 0 Å². The van der Waals surface area contributed by atoms with Gasteiger partial charge in [-0.2, -0.15) is 0 Å². The van der Waals surface area contributed by atoms with Crippen LogP contribution in [0.15, 0.2) is 15.0 Å². The highest BCUT2D eigenvalue weighted by Gasteiger charge is 2.69. The van der Waals surface area contributed by atoms with Crippen molar-refractivity contribution in [1.29, 1.82) is 0 Å². The summed E-state index contributed by atoms with van der Waals surface area (Å²) in [5.41, 5.74) is -0.0191. The minimum absolute atomic E-state index is 0.0953. The van der Waals surface area contributed by atoms with Crippen molar-refractivity contribution in [2.24, 2.45) is 16.7 Å². The van der Waals surface area contributed by atoms with Crippen LogP contribution in [0.5, 0.6) is 0 Å². The number of hydrogen-bond acceptors (Lipinski definition) is 2. The van der Waals surface area contributed by atoms with E-state index in [1.165, 1.54) is 0 Å². The topological polar surface area (TPSA) is 26.3 Å². The van der Waals surface area contributed by atoms with Gasteiger partial charge in [0.2, 0.25) is 0 Å². The third kappa shape index (κ3) is 2.65. The van der Waals surface area contributed by atoms with E-state index in [1.807, 2.05) is 27.7 Å². The summed E-state index contributed by atoms with van der Waals surface area (Å²) in [7, 11) is 0. The van der Waals surface area contributed by atoms with E-state index < -0.39 is 11.6 Å². The smallest absolute Gasteiger partial charge is 0.310 e. The molecule has 1 aromatic rings. The van der Waals surface area contributed by atoms with Crippen LogP contribution in [0.1, 0.15) is 33.3 Å². The summed E-state index contributed by atoms with van der Waals surface area (Å²) in [5.74, 6) is -2.00. The summed E-state index contributed by atoms with van der Waals surface area (Å²) in [6, 6.07) is 0.770. The number of esters is 1. The molecule has 0 N–H and O–H groups in total. The lowest BCUT2D eigenvalue weighted by Crippen LogP contribution is -2.12. The highest BCUT2D eigenvalue weighted by molar-refractivity contribution is 9.11. The Bertz CT molecular complexity index is 572. The molecule has 0 atom stereocenters. The third-order valence-corrected chi connectivity index (χ3v) is 6.53. The minimum atomic E-state index is -0.728. The molecule has 0 amide bonds. The fourth-order valence-corrected chi connectivity index (χ4v) is 3.88. The van der Waals surface area contributed by atoms with Crippen molar-refractivity contribution < 1.29 is 18.3 Å². The Morgan fingerprint density at radius 2 is 1.57 bits per heavy atom. The summed E-state index contributed by atoms with van der Waals surface area (Å²) in [5, 5.41) is 0. The van der Waals surface area contributed by atoms with Crippen molar-refractivity contribution in [1.82, 2.24) is 0 Å². The van der Waals surface area contributed by atoms with Gasteiger partial charge < -0.3 is 4.74 Å². The first-order chi connectivity index (χ1) is 9.51. The van der Waals surface area contributed by atoms with Crippen LogP contribution in [0.2, 0.25) is 0 Å². The molecule has 1 aliphatic rings. The van der Waals surface area contributed by atoms with E-state index in [1.54, 1.807) is 0 Å². The first-order valence-electron chi connectivity index (χ1n) is 6.50. The van der Waals surface area contributed by atoms with E-state index in [0.29, 0.717) is 0 Å². The molecule has 0 aliphatic heterocycles. The minimum Gasteiger partial charge on any atom is -0.460 e. The zero-order valence-corrected chi connectivity index (χ0v) is 15.4. The summed E-state index contributed by atoms with van der Waals surface area (Å²) < 4.78 is 32.5. The van der Waals surface area contributed by atoms with Crippen LogP contribution in [-0.2, 0) is 16.1 Å². The highest BCUT2D eigenvalue weighted by atomic mass is 79.9. The Morgan fingerprint density at radius 1 is 1.14 bits per heavy atom. The van der Waals surface area contributed by atoms with Gasteiger partial charge in [0.05, 0.1) is 14.9 Å².